The fourth-order valence-corrected chi connectivity index (χ4v) is 2.84. The molecule has 3 rings (SSSR count). The number of methoxy groups -OCH3 is 1. The number of ether oxygens (including phenoxy) is 2. The predicted octanol–water partition coefficient (Wildman–Crippen LogP) is 2.10. The number of fused-ring (bicyclic) bond motifs is 1. The lowest BCUT2D eigenvalue weighted by molar-refractivity contribution is 0.325. The molecule has 3 nitrogen and oxygen atoms in total. The number of rotatable bonds is 2. The van der Waals surface area contributed by atoms with Crippen molar-refractivity contribution in [1.29, 1.82) is 0 Å². The molecule has 1 N–H and O–H groups in total. The third-order valence-electron chi connectivity index (χ3n) is 3.80. The van der Waals surface area contributed by atoms with Gasteiger partial charge < -0.3 is 14.8 Å². The molecule has 0 atom stereocenters. The van der Waals surface area contributed by atoms with Crippen LogP contribution in [-0.4, -0.2) is 26.8 Å². The molecule has 0 bridgehead atoms. The Balaban J connectivity index is 1.94. The Hall–Kier alpha value is -1.22. The predicted molar refractivity (Wildman–Crippen MR) is 67.0 cm³/mol. The lowest BCUT2D eigenvalue weighted by Gasteiger charge is -2.24. The van der Waals surface area contributed by atoms with Crippen molar-refractivity contribution >= 4 is 0 Å². The van der Waals surface area contributed by atoms with E-state index in [9.17, 15) is 0 Å². The Labute approximate surface area is 102 Å². The molecule has 0 spiro atoms. The lowest BCUT2D eigenvalue weighted by Crippen LogP contribution is -2.26. The third-order valence-corrected chi connectivity index (χ3v) is 3.80. The van der Waals surface area contributed by atoms with Crippen molar-refractivity contribution in [1.82, 2.24) is 5.32 Å². The standard InChI is InChI=1S/C14H19NO2/c1-16-13-9-12(10-2-5-15-6-3-10)8-11-4-7-17-14(11)13/h8-10,15H,2-7H2,1H3. The van der Waals surface area contributed by atoms with Crippen LogP contribution < -0.4 is 14.8 Å². The Morgan fingerprint density at radius 1 is 1.29 bits per heavy atom. The maximum atomic E-state index is 5.63. The molecule has 3 heteroatoms. The van der Waals surface area contributed by atoms with E-state index >= 15 is 0 Å². The molecule has 2 aliphatic heterocycles. The summed E-state index contributed by atoms with van der Waals surface area (Å²) in [5.74, 6) is 2.55. The first-order valence-corrected chi connectivity index (χ1v) is 6.43. The minimum absolute atomic E-state index is 0.677. The van der Waals surface area contributed by atoms with Crippen molar-refractivity contribution in [3.05, 3.63) is 23.3 Å². The maximum Gasteiger partial charge on any atom is 0.164 e. The second kappa shape index (κ2) is 4.57. The number of piperidine rings is 1. The zero-order valence-electron chi connectivity index (χ0n) is 10.3. The van der Waals surface area contributed by atoms with Gasteiger partial charge in [0.2, 0.25) is 0 Å². The van der Waals surface area contributed by atoms with E-state index in [0.717, 1.165) is 37.6 Å². The fraction of sp³-hybridized carbons (Fsp3) is 0.571. The molecule has 0 radical (unpaired) electrons. The van der Waals surface area contributed by atoms with Crippen molar-refractivity contribution < 1.29 is 9.47 Å². The summed E-state index contributed by atoms with van der Waals surface area (Å²) in [6.45, 7) is 3.04. The monoisotopic (exact) mass is 233 g/mol. The average Bonchev–Trinajstić information content (AvgIpc) is 2.86. The summed E-state index contributed by atoms with van der Waals surface area (Å²) in [7, 11) is 1.73. The molecule has 0 amide bonds. The Morgan fingerprint density at radius 2 is 2.12 bits per heavy atom. The second-order valence-corrected chi connectivity index (χ2v) is 4.83. The highest BCUT2D eigenvalue weighted by molar-refractivity contribution is 5.52. The van der Waals surface area contributed by atoms with Crippen molar-refractivity contribution in [2.45, 2.75) is 25.2 Å². The highest BCUT2D eigenvalue weighted by Gasteiger charge is 2.22. The summed E-state index contributed by atoms with van der Waals surface area (Å²) in [6.07, 6.45) is 3.47. The van der Waals surface area contributed by atoms with Gasteiger partial charge in [-0.05, 0) is 43.5 Å². The number of nitrogens with one attached hydrogen (secondary N) is 1. The van der Waals surface area contributed by atoms with E-state index in [4.69, 9.17) is 9.47 Å². The molecule has 1 fully saturated rings. The van der Waals surface area contributed by atoms with Crippen molar-refractivity contribution in [3.63, 3.8) is 0 Å². The van der Waals surface area contributed by atoms with Crippen LogP contribution in [0, 0.1) is 0 Å². The van der Waals surface area contributed by atoms with Crippen LogP contribution >= 0.6 is 0 Å². The van der Waals surface area contributed by atoms with E-state index in [0.29, 0.717) is 5.92 Å². The van der Waals surface area contributed by atoms with Crippen LogP contribution in [0.1, 0.15) is 29.9 Å². The van der Waals surface area contributed by atoms with Crippen molar-refractivity contribution in [2.75, 3.05) is 26.8 Å². The lowest BCUT2D eigenvalue weighted by atomic mass is 9.89. The highest BCUT2D eigenvalue weighted by Crippen LogP contribution is 2.39. The number of benzene rings is 1. The van der Waals surface area contributed by atoms with Gasteiger partial charge >= 0.3 is 0 Å². The van der Waals surface area contributed by atoms with Crippen LogP contribution in [0.4, 0.5) is 0 Å². The molecule has 1 saturated heterocycles. The summed E-state index contributed by atoms with van der Waals surface area (Å²) >= 11 is 0. The largest absolute Gasteiger partial charge is 0.493 e. The highest BCUT2D eigenvalue weighted by atomic mass is 16.5. The van der Waals surface area contributed by atoms with E-state index in [1.54, 1.807) is 7.11 Å². The van der Waals surface area contributed by atoms with Gasteiger partial charge in [0.15, 0.2) is 11.5 Å². The van der Waals surface area contributed by atoms with Gasteiger partial charge in [-0.1, -0.05) is 6.07 Å². The molecular formula is C14H19NO2. The molecule has 0 unspecified atom stereocenters. The minimum Gasteiger partial charge on any atom is -0.493 e. The van der Waals surface area contributed by atoms with Crippen molar-refractivity contribution in [3.8, 4) is 11.5 Å². The summed E-state index contributed by atoms with van der Waals surface area (Å²) in [5, 5.41) is 3.41. The van der Waals surface area contributed by atoms with E-state index in [1.165, 1.54) is 24.0 Å². The van der Waals surface area contributed by atoms with Crippen LogP contribution in [0.25, 0.3) is 0 Å². The van der Waals surface area contributed by atoms with Gasteiger partial charge in [0, 0.05) is 12.0 Å². The van der Waals surface area contributed by atoms with Gasteiger partial charge in [0.1, 0.15) is 0 Å². The zero-order chi connectivity index (χ0) is 11.7. The normalized spacial score (nSPS) is 19.8. The van der Waals surface area contributed by atoms with Crippen molar-refractivity contribution in [2.24, 2.45) is 0 Å². The summed E-state index contributed by atoms with van der Waals surface area (Å²) in [4.78, 5) is 0. The van der Waals surface area contributed by atoms with E-state index in [2.05, 4.69) is 17.4 Å². The molecule has 1 aromatic carbocycles. The summed E-state index contributed by atoms with van der Waals surface area (Å²) in [6, 6.07) is 4.49. The Morgan fingerprint density at radius 3 is 2.88 bits per heavy atom. The first-order valence-electron chi connectivity index (χ1n) is 6.43. The molecule has 0 aromatic heterocycles. The molecule has 2 aliphatic rings. The first kappa shape index (κ1) is 10.9. The van der Waals surface area contributed by atoms with Gasteiger partial charge in [0.25, 0.3) is 0 Å². The first-order chi connectivity index (χ1) is 8.38. The molecule has 2 heterocycles. The van der Waals surface area contributed by atoms with Gasteiger partial charge in [-0.2, -0.15) is 0 Å². The quantitative estimate of drug-likeness (QED) is 0.848. The number of hydrogen-bond acceptors (Lipinski definition) is 3. The molecule has 0 saturated carbocycles. The van der Waals surface area contributed by atoms with Crippen LogP contribution in [0.2, 0.25) is 0 Å². The van der Waals surface area contributed by atoms with Crippen LogP contribution in [-0.2, 0) is 6.42 Å². The Kier molecular flexibility index (Phi) is 2.93. The Bertz CT molecular complexity index is 411. The molecule has 92 valence electrons. The topological polar surface area (TPSA) is 30.5 Å². The van der Waals surface area contributed by atoms with Crippen LogP contribution in [0.15, 0.2) is 12.1 Å². The van der Waals surface area contributed by atoms with Gasteiger partial charge in [-0.3, -0.25) is 0 Å². The SMILES string of the molecule is COc1cc(C2CCNCC2)cc2c1OCC2. The van der Waals surface area contributed by atoms with Gasteiger partial charge in [-0.15, -0.1) is 0 Å². The average molecular weight is 233 g/mol. The van der Waals surface area contributed by atoms with Crippen LogP contribution in [0.3, 0.4) is 0 Å². The molecule has 17 heavy (non-hydrogen) atoms. The third kappa shape index (κ3) is 2.00. The summed E-state index contributed by atoms with van der Waals surface area (Å²) in [5.41, 5.74) is 2.74. The number of hydrogen-bond donors (Lipinski definition) is 1. The van der Waals surface area contributed by atoms with E-state index < -0.39 is 0 Å². The second-order valence-electron chi connectivity index (χ2n) is 4.83. The summed E-state index contributed by atoms with van der Waals surface area (Å²) < 4.78 is 11.1. The molecular weight excluding hydrogens is 214 g/mol. The molecule has 1 aromatic rings. The van der Waals surface area contributed by atoms with Crippen LogP contribution in [0.5, 0.6) is 11.5 Å². The smallest absolute Gasteiger partial charge is 0.164 e. The van der Waals surface area contributed by atoms with Gasteiger partial charge in [0.05, 0.1) is 13.7 Å². The zero-order valence-corrected chi connectivity index (χ0v) is 10.3. The van der Waals surface area contributed by atoms with Gasteiger partial charge in [-0.25, -0.2) is 0 Å². The molecule has 0 aliphatic carbocycles. The maximum absolute atomic E-state index is 5.63. The van der Waals surface area contributed by atoms with E-state index in [-0.39, 0.29) is 0 Å². The minimum atomic E-state index is 0.677. The van der Waals surface area contributed by atoms with E-state index in [1.807, 2.05) is 0 Å². The fourth-order valence-electron chi connectivity index (χ4n) is 2.84.